The third-order valence-corrected chi connectivity index (χ3v) is 6.07. The lowest BCUT2D eigenvalue weighted by molar-refractivity contribution is -0.142. The van der Waals surface area contributed by atoms with Crippen LogP contribution in [0.5, 0.6) is 0 Å². The van der Waals surface area contributed by atoms with Gasteiger partial charge in [-0.05, 0) is 31.0 Å². The second-order valence-corrected chi connectivity index (χ2v) is 8.02. The van der Waals surface area contributed by atoms with Crippen molar-refractivity contribution in [3.8, 4) is 0 Å². The molecule has 1 unspecified atom stereocenters. The molecule has 0 aliphatic carbocycles. The van der Waals surface area contributed by atoms with Crippen LogP contribution in [0.1, 0.15) is 33.8 Å². The van der Waals surface area contributed by atoms with Crippen LogP contribution in [0, 0.1) is 12.7 Å². The summed E-state index contributed by atoms with van der Waals surface area (Å²) in [7, 11) is 1.56. The Morgan fingerprint density at radius 2 is 1.94 bits per heavy atom. The first-order valence-corrected chi connectivity index (χ1v) is 10.5. The molecule has 0 spiro atoms. The van der Waals surface area contributed by atoms with Gasteiger partial charge in [0.2, 0.25) is 5.91 Å². The van der Waals surface area contributed by atoms with E-state index < -0.39 is 0 Å². The minimum Gasteiger partial charge on any atom is -0.380 e. The number of amides is 2. The van der Waals surface area contributed by atoms with Crippen LogP contribution in [0.25, 0.3) is 0 Å². The maximum absolute atomic E-state index is 13.2. The summed E-state index contributed by atoms with van der Waals surface area (Å²) in [5.74, 6) is 0.148. The summed E-state index contributed by atoms with van der Waals surface area (Å²) in [6.45, 7) is 5.46. The molecule has 31 heavy (non-hydrogen) atoms. The molecule has 0 N–H and O–H groups in total. The van der Waals surface area contributed by atoms with Gasteiger partial charge in [0, 0.05) is 46.4 Å². The SMILES string of the molecule is COCc1c(C(=O)N2CCC3C(=O)N(Cc4ccc(F)cc4)CCN3CC2)noc1C. The Labute approximate surface area is 180 Å². The standard InChI is InChI=1S/C22H27FN4O4/c1-15-18(14-30-2)20(24-31-15)22(29)26-8-7-19-21(28)27(12-10-25(19)9-11-26)13-16-3-5-17(23)6-4-16/h3-6,19H,7-14H2,1-2H3. The molecule has 4 rings (SSSR count). The first-order chi connectivity index (χ1) is 15.0. The molecule has 9 heteroatoms. The Kier molecular flexibility index (Phi) is 6.33. The number of carbonyl (C=O) groups excluding carboxylic acids is 2. The van der Waals surface area contributed by atoms with Gasteiger partial charge in [0.25, 0.3) is 5.91 Å². The average Bonchev–Trinajstić information content (AvgIpc) is 2.98. The summed E-state index contributed by atoms with van der Waals surface area (Å²) in [5.41, 5.74) is 1.85. The molecule has 166 valence electrons. The summed E-state index contributed by atoms with van der Waals surface area (Å²) in [5, 5.41) is 3.95. The van der Waals surface area contributed by atoms with Gasteiger partial charge in [-0.25, -0.2) is 4.39 Å². The summed E-state index contributed by atoms with van der Waals surface area (Å²) in [6, 6.07) is 5.98. The minimum absolute atomic E-state index is 0.0576. The maximum Gasteiger partial charge on any atom is 0.276 e. The van der Waals surface area contributed by atoms with Crippen molar-refractivity contribution in [1.29, 1.82) is 0 Å². The number of piperazine rings is 1. The summed E-state index contributed by atoms with van der Waals surface area (Å²) < 4.78 is 23.6. The molecule has 2 amide bonds. The van der Waals surface area contributed by atoms with E-state index in [1.54, 1.807) is 31.1 Å². The highest BCUT2D eigenvalue weighted by molar-refractivity contribution is 5.94. The van der Waals surface area contributed by atoms with Crippen molar-refractivity contribution in [1.82, 2.24) is 19.9 Å². The number of rotatable bonds is 5. The number of hydrogen-bond donors (Lipinski definition) is 0. The van der Waals surface area contributed by atoms with E-state index in [0.717, 1.165) is 12.1 Å². The molecule has 0 saturated carbocycles. The fraction of sp³-hybridized carbons (Fsp3) is 0.500. The van der Waals surface area contributed by atoms with E-state index in [1.165, 1.54) is 12.1 Å². The van der Waals surface area contributed by atoms with Crippen molar-refractivity contribution in [2.45, 2.75) is 32.5 Å². The van der Waals surface area contributed by atoms with Crippen LogP contribution in [0.15, 0.2) is 28.8 Å². The number of carbonyl (C=O) groups is 2. The summed E-state index contributed by atoms with van der Waals surface area (Å²) >= 11 is 0. The molecule has 1 aromatic heterocycles. The van der Waals surface area contributed by atoms with Gasteiger partial charge < -0.3 is 19.1 Å². The van der Waals surface area contributed by atoms with Crippen molar-refractivity contribution in [3.05, 3.63) is 52.7 Å². The van der Waals surface area contributed by atoms with Crippen LogP contribution >= 0.6 is 0 Å². The van der Waals surface area contributed by atoms with E-state index in [4.69, 9.17) is 9.26 Å². The van der Waals surface area contributed by atoms with Gasteiger partial charge in [-0.2, -0.15) is 0 Å². The second kappa shape index (κ2) is 9.15. The molecule has 1 atom stereocenters. The zero-order valence-electron chi connectivity index (χ0n) is 17.8. The van der Waals surface area contributed by atoms with Crippen molar-refractivity contribution >= 4 is 11.8 Å². The molecule has 0 bridgehead atoms. The van der Waals surface area contributed by atoms with E-state index in [9.17, 15) is 14.0 Å². The fourth-order valence-corrected chi connectivity index (χ4v) is 4.29. The first kappa shape index (κ1) is 21.5. The Balaban J connectivity index is 1.43. The van der Waals surface area contributed by atoms with Crippen LogP contribution in [0.4, 0.5) is 4.39 Å². The van der Waals surface area contributed by atoms with Crippen molar-refractivity contribution in [3.63, 3.8) is 0 Å². The van der Waals surface area contributed by atoms with Crippen LogP contribution in [-0.2, 0) is 22.7 Å². The van der Waals surface area contributed by atoms with E-state index in [1.807, 2.05) is 4.90 Å². The normalized spacial score (nSPS) is 20.0. The monoisotopic (exact) mass is 430 g/mol. The molecule has 0 radical (unpaired) electrons. The zero-order chi connectivity index (χ0) is 22.0. The Morgan fingerprint density at radius 1 is 1.19 bits per heavy atom. The summed E-state index contributed by atoms with van der Waals surface area (Å²) in [4.78, 5) is 31.9. The first-order valence-electron chi connectivity index (χ1n) is 10.5. The number of ether oxygens (including phenoxy) is 1. The van der Waals surface area contributed by atoms with Gasteiger partial charge in [-0.1, -0.05) is 17.3 Å². The van der Waals surface area contributed by atoms with E-state index in [0.29, 0.717) is 50.5 Å². The lowest BCUT2D eigenvalue weighted by Gasteiger charge is -2.39. The average molecular weight is 430 g/mol. The zero-order valence-corrected chi connectivity index (χ0v) is 17.8. The number of halogens is 1. The van der Waals surface area contributed by atoms with Crippen molar-refractivity contribution in [2.24, 2.45) is 0 Å². The van der Waals surface area contributed by atoms with Gasteiger partial charge in [0.15, 0.2) is 5.69 Å². The number of hydrogen-bond acceptors (Lipinski definition) is 6. The quantitative estimate of drug-likeness (QED) is 0.720. The van der Waals surface area contributed by atoms with E-state index >= 15 is 0 Å². The molecule has 1 aromatic carbocycles. The van der Waals surface area contributed by atoms with Crippen LogP contribution in [-0.4, -0.2) is 77.5 Å². The molecule has 8 nitrogen and oxygen atoms in total. The van der Waals surface area contributed by atoms with Gasteiger partial charge in [-0.15, -0.1) is 0 Å². The second-order valence-electron chi connectivity index (χ2n) is 8.02. The molecule has 3 heterocycles. The van der Waals surface area contributed by atoms with Crippen LogP contribution < -0.4 is 0 Å². The molecule has 2 saturated heterocycles. The molecular weight excluding hydrogens is 403 g/mol. The van der Waals surface area contributed by atoms with Gasteiger partial charge in [0.05, 0.1) is 18.2 Å². The lowest BCUT2D eigenvalue weighted by atomic mass is 10.1. The fourth-order valence-electron chi connectivity index (χ4n) is 4.29. The van der Waals surface area contributed by atoms with Crippen LogP contribution in [0.3, 0.4) is 0 Å². The lowest BCUT2D eigenvalue weighted by Crippen LogP contribution is -2.56. The predicted molar refractivity (Wildman–Crippen MR) is 110 cm³/mol. The molecule has 2 aliphatic rings. The highest BCUT2D eigenvalue weighted by atomic mass is 19.1. The van der Waals surface area contributed by atoms with E-state index in [-0.39, 0.29) is 36.0 Å². The minimum atomic E-state index is -0.288. The van der Waals surface area contributed by atoms with Crippen LogP contribution in [0.2, 0.25) is 0 Å². The van der Waals surface area contributed by atoms with Crippen molar-refractivity contribution in [2.75, 3.05) is 39.8 Å². The van der Waals surface area contributed by atoms with E-state index in [2.05, 4.69) is 10.1 Å². The largest absolute Gasteiger partial charge is 0.380 e. The number of methoxy groups -OCH3 is 1. The highest BCUT2D eigenvalue weighted by Gasteiger charge is 2.38. The van der Waals surface area contributed by atoms with Gasteiger partial charge >= 0.3 is 0 Å². The Morgan fingerprint density at radius 3 is 2.68 bits per heavy atom. The third kappa shape index (κ3) is 4.47. The number of fused-ring (bicyclic) bond motifs is 1. The Hall–Kier alpha value is -2.78. The number of aromatic nitrogens is 1. The topological polar surface area (TPSA) is 79.1 Å². The smallest absolute Gasteiger partial charge is 0.276 e. The summed E-state index contributed by atoms with van der Waals surface area (Å²) in [6.07, 6.45) is 0.556. The molecule has 2 aliphatic heterocycles. The molecule has 2 fully saturated rings. The third-order valence-electron chi connectivity index (χ3n) is 6.07. The highest BCUT2D eigenvalue weighted by Crippen LogP contribution is 2.22. The maximum atomic E-state index is 13.2. The Bertz CT molecular complexity index is 945. The number of aryl methyl sites for hydroxylation is 1. The predicted octanol–water partition coefficient (Wildman–Crippen LogP) is 1.83. The molecular formula is C22H27FN4O4. The number of benzene rings is 1. The van der Waals surface area contributed by atoms with Gasteiger partial charge in [-0.3, -0.25) is 14.5 Å². The van der Waals surface area contributed by atoms with Gasteiger partial charge in [0.1, 0.15) is 11.6 Å². The number of nitrogens with zero attached hydrogens (tertiary/aromatic N) is 4. The molecule has 2 aromatic rings. The van der Waals surface area contributed by atoms with Crippen molar-refractivity contribution < 1.29 is 23.2 Å².